The van der Waals surface area contributed by atoms with Crippen LogP contribution in [-0.2, 0) is 10.3 Å². The van der Waals surface area contributed by atoms with Gasteiger partial charge in [0.25, 0.3) is 0 Å². The first-order chi connectivity index (χ1) is 8.63. The number of nitrogens with one attached hydrogen (secondary N) is 1. The van der Waals surface area contributed by atoms with Gasteiger partial charge in [0, 0.05) is 24.8 Å². The zero-order chi connectivity index (χ0) is 13.0. The molecule has 4 nitrogen and oxygen atoms in total. The van der Waals surface area contributed by atoms with E-state index in [1.165, 1.54) is 5.56 Å². The van der Waals surface area contributed by atoms with Gasteiger partial charge in [-0.05, 0) is 32.0 Å². The highest BCUT2D eigenvalue weighted by Gasteiger charge is 2.20. The van der Waals surface area contributed by atoms with Crippen molar-refractivity contribution in [3.63, 3.8) is 0 Å². The Kier molecular flexibility index (Phi) is 4.19. The summed E-state index contributed by atoms with van der Waals surface area (Å²) in [6, 6.07) is 4.28. The van der Waals surface area contributed by atoms with Gasteiger partial charge in [-0.3, -0.25) is 0 Å². The van der Waals surface area contributed by atoms with Crippen LogP contribution in [0.3, 0.4) is 0 Å². The average molecular weight is 249 g/mol. The van der Waals surface area contributed by atoms with E-state index in [-0.39, 0.29) is 5.54 Å². The van der Waals surface area contributed by atoms with Gasteiger partial charge >= 0.3 is 0 Å². The molecule has 1 aliphatic heterocycles. The highest BCUT2D eigenvalue weighted by molar-refractivity contribution is 5.40. The van der Waals surface area contributed by atoms with Crippen molar-refractivity contribution in [3.05, 3.63) is 23.9 Å². The van der Waals surface area contributed by atoms with Crippen LogP contribution in [0.4, 0.5) is 5.82 Å². The number of ether oxygens (including phenoxy) is 1. The number of pyridine rings is 1. The van der Waals surface area contributed by atoms with Gasteiger partial charge < -0.3 is 15.0 Å². The predicted molar refractivity (Wildman–Crippen MR) is 74.0 cm³/mol. The molecule has 1 aliphatic rings. The molecule has 4 heteroatoms. The fourth-order valence-corrected chi connectivity index (χ4v) is 2.28. The van der Waals surface area contributed by atoms with Crippen molar-refractivity contribution in [1.29, 1.82) is 0 Å². The predicted octanol–water partition coefficient (Wildman–Crippen LogP) is 1.76. The summed E-state index contributed by atoms with van der Waals surface area (Å²) in [6.07, 6.45) is 1.98. The van der Waals surface area contributed by atoms with Crippen molar-refractivity contribution in [2.75, 3.05) is 37.7 Å². The van der Waals surface area contributed by atoms with Crippen molar-refractivity contribution in [2.24, 2.45) is 0 Å². The van der Waals surface area contributed by atoms with Crippen molar-refractivity contribution in [3.8, 4) is 0 Å². The van der Waals surface area contributed by atoms with Crippen molar-refractivity contribution in [2.45, 2.75) is 26.3 Å². The molecule has 0 bridgehead atoms. The summed E-state index contributed by atoms with van der Waals surface area (Å²) < 4.78 is 5.35. The number of rotatable bonds is 4. The van der Waals surface area contributed by atoms with Crippen LogP contribution >= 0.6 is 0 Å². The number of hydrogen-bond acceptors (Lipinski definition) is 4. The van der Waals surface area contributed by atoms with E-state index in [0.717, 1.165) is 38.7 Å². The van der Waals surface area contributed by atoms with Gasteiger partial charge in [0.2, 0.25) is 0 Å². The number of aromatic nitrogens is 1. The highest BCUT2D eigenvalue weighted by Crippen LogP contribution is 2.21. The molecule has 18 heavy (non-hydrogen) atoms. The second kappa shape index (κ2) is 5.67. The summed E-state index contributed by atoms with van der Waals surface area (Å²) in [7, 11) is 0. The van der Waals surface area contributed by atoms with Crippen LogP contribution < -0.4 is 10.2 Å². The Morgan fingerprint density at radius 1 is 1.33 bits per heavy atom. The molecule has 0 atom stereocenters. The molecule has 0 amide bonds. The molecule has 0 unspecified atom stereocenters. The molecule has 1 fully saturated rings. The van der Waals surface area contributed by atoms with Gasteiger partial charge in [-0.1, -0.05) is 13.0 Å². The quantitative estimate of drug-likeness (QED) is 0.882. The molecular weight excluding hydrogens is 226 g/mol. The Labute approximate surface area is 109 Å². The van der Waals surface area contributed by atoms with Gasteiger partial charge in [-0.25, -0.2) is 4.98 Å². The molecule has 1 N–H and O–H groups in total. The van der Waals surface area contributed by atoms with Crippen LogP contribution in [0.15, 0.2) is 18.3 Å². The monoisotopic (exact) mass is 249 g/mol. The lowest BCUT2D eigenvalue weighted by Crippen LogP contribution is -2.38. The number of hydrogen-bond donors (Lipinski definition) is 1. The van der Waals surface area contributed by atoms with Crippen LogP contribution in [0.1, 0.15) is 26.3 Å². The zero-order valence-corrected chi connectivity index (χ0v) is 11.6. The van der Waals surface area contributed by atoms with E-state index in [1.807, 2.05) is 6.20 Å². The summed E-state index contributed by atoms with van der Waals surface area (Å²) in [4.78, 5) is 6.85. The molecule has 0 aliphatic carbocycles. The molecule has 0 aromatic carbocycles. The van der Waals surface area contributed by atoms with Crippen molar-refractivity contribution < 1.29 is 4.74 Å². The maximum Gasteiger partial charge on any atom is 0.128 e. The van der Waals surface area contributed by atoms with Gasteiger partial charge in [-0.15, -0.1) is 0 Å². The normalized spacial score (nSPS) is 16.9. The molecule has 2 heterocycles. The third kappa shape index (κ3) is 3.00. The second-order valence-corrected chi connectivity index (χ2v) is 5.16. The van der Waals surface area contributed by atoms with Gasteiger partial charge in [0.1, 0.15) is 5.82 Å². The topological polar surface area (TPSA) is 37.4 Å². The number of anilines is 1. The molecular formula is C14H23N3O. The van der Waals surface area contributed by atoms with Gasteiger partial charge in [-0.2, -0.15) is 0 Å². The van der Waals surface area contributed by atoms with E-state index in [2.05, 4.69) is 48.1 Å². The largest absolute Gasteiger partial charge is 0.378 e. The Balaban J connectivity index is 2.09. The lowest BCUT2D eigenvalue weighted by atomic mass is 9.96. The maximum atomic E-state index is 5.35. The Morgan fingerprint density at radius 2 is 2.06 bits per heavy atom. The highest BCUT2D eigenvalue weighted by atomic mass is 16.5. The molecule has 0 radical (unpaired) electrons. The van der Waals surface area contributed by atoms with E-state index in [4.69, 9.17) is 4.74 Å². The zero-order valence-electron chi connectivity index (χ0n) is 11.6. The molecule has 0 spiro atoms. The lowest BCUT2D eigenvalue weighted by Gasteiger charge is -2.29. The van der Waals surface area contributed by atoms with E-state index in [9.17, 15) is 0 Å². The van der Waals surface area contributed by atoms with E-state index in [1.54, 1.807) is 0 Å². The summed E-state index contributed by atoms with van der Waals surface area (Å²) in [5.74, 6) is 1.05. The summed E-state index contributed by atoms with van der Waals surface area (Å²) in [5.41, 5.74) is 1.20. The van der Waals surface area contributed by atoms with Crippen molar-refractivity contribution >= 4 is 5.82 Å². The summed E-state index contributed by atoms with van der Waals surface area (Å²) in [6.45, 7) is 10.9. The van der Waals surface area contributed by atoms with E-state index in [0.29, 0.717) is 0 Å². The lowest BCUT2D eigenvalue weighted by molar-refractivity contribution is 0.122. The minimum Gasteiger partial charge on any atom is -0.378 e. The maximum absolute atomic E-state index is 5.35. The van der Waals surface area contributed by atoms with Crippen LogP contribution in [0.5, 0.6) is 0 Å². The molecule has 0 saturated carbocycles. The van der Waals surface area contributed by atoms with Crippen LogP contribution in [0.25, 0.3) is 0 Å². The minimum atomic E-state index is -0.0225. The first-order valence-electron chi connectivity index (χ1n) is 6.68. The van der Waals surface area contributed by atoms with Crippen LogP contribution in [-0.4, -0.2) is 37.8 Å². The van der Waals surface area contributed by atoms with Gasteiger partial charge in [0.15, 0.2) is 0 Å². The first-order valence-corrected chi connectivity index (χ1v) is 6.68. The standard InChI is InChI=1S/C14H23N3O/c1-4-16-14(2,3)12-5-6-13(15-11-12)17-7-9-18-10-8-17/h5-6,11,16H,4,7-10H2,1-3H3. The Hall–Kier alpha value is -1.13. The minimum absolute atomic E-state index is 0.0225. The Morgan fingerprint density at radius 3 is 2.61 bits per heavy atom. The van der Waals surface area contributed by atoms with E-state index < -0.39 is 0 Å². The summed E-state index contributed by atoms with van der Waals surface area (Å²) >= 11 is 0. The second-order valence-electron chi connectivity index (χ2n) is 5.16. The molecule has 100 valence electrons. The smallest absolute Gasteiger partial charge is 0.128 e. The SMILES string of the molecule is CCNC(C)(C)c1ccc(N2CCOCC2)nc1. The molecule has 2 rings (SSSR count). The van der Waals surface area contributed by atoms with Crippen LogP contribution in [0.2, 0.25) is 0 Å². The van der Waals surface area contributed by atoms with Crippen molar-refractivity contribution in [1.82, 2.24) is 10.3 Å². The first kappa shape index (κ1) is 13.3. The van der Waals surface area contributed by atoms with Gasteiger partial charge in [0.05, 0.1) is 13.2 Å². The Bertz CT molecular complexity index is 369. The fraction of sp³-hybridized carbons (Fsp3) is 0.643. The van der Waals surface area contributed by atoms with Crippen LogP contribution in [0, 0.1) is 0 Å². The third-order valence-electron chi connectivity index (χ3n) is 3.42. The third-order valence-corrected chi connectivity index (χ3v) is 3.42. The molecule has 1 aromatic rings. The molecule has 1 saturated heterocycles. The summed E-state index contributed by atoms with van der Waals surface area (Å²) in [5, 5.41) is 3.46. The van der Waals surface area contributed by atoms with E-state index >= 15 is 0 Å². The fourth-order valence-electron chi connectivity index (χ4n) is 2.28. The average Bonchev–Trinajstić information content (AvgIpc) is 2.40. The number of nitrogens with zero attached hydrogens (tertiary/aromatic N) is 2. The molecule has 1 aromatic heterocycles. The number of morpholine rings is 1.